The maximum atomic E-state index is 13.9. The number of pyridine rings is 1. The first kappa shape index (κ1) is 22.6. The Balaban J connectivity index is 2.35. The van der Waals surface area contributed by atoms with Crippen LogP contribution in [0.5, 0.6) is 0 Å². The van der Waals surface area contributed by atoms with Crippen LogP contribution in [0.15, 0.2) is 17.2 Å². The van der Waals surface area contributed by atoms with Crippen molar-refractivity contribution >= 4 is 14.4 Å². The molecule has 2 rings (SSSR count). The number of aromatic amines is 1. The Labute approximate surface area is 167 Å². The molecule has 2 atom stereocenters. The number of carbonyl (C=O) groups is 1. The quantitative estimate of drug-likeness (QED) is 0.737. The van der Waals surface area contributed by atoms with Crippen LogP contribution in [0.3, 0.4) is 0 Å². The number of hydrogen-bond acceptors (Lipinski definition) is 4. The van der Waals surface area contributed by atoms with Gasteiger partial charge < -0.3 is 14.1 Å². The highest BCUT2D eigenvalue weighted by Gasteiger charge is 2.45. The molecule has 0 saturated carbocycles. The second-order valence-electron chi connectivity index (χ2n) is 9.97. The molecule has 0 radical (unpaired) electrons. The molecule has 8 heteroatoms. The third-order valence-corrected chi connectivity index (χ3v) is 9.98. The number of aromatic nitrogens is 1. The Morgan fingerprint density at radius 1 is 1.21 bits per heavy atom. The fourth-order valence-corrected chi connectivity index (χ4v) is 4.37. The van der Waals surface area contributed by atoms with E-state index in [0.717, 1.165) is 6.20 Å². The van der Waals surface area contributed by atoms with E-state index < -0.39 is 37.3 Å². The van der Waals surface area contributed by atoms with Crippen molar-refractivity contribution in [2.75, 3.05) is 6.54 Å². The average Bonchev–Trinajstić information content (AvgIpc) is 2.90. The van der Waals surface area contributed by atoms with Crippen LogP contribution in [0, 0.1) is 5.82 Å². The summed E-state index contributed by atoms with van der Waals surface area (Å²) in [5.74, 6) is -0.865. The van der Waals surface area contributed by atoms with Gasteiger partial charge in [0.05, 0.1) is 12.1 Å². The summed E-state index contributed by atoms with van der Waals surface area (Å²) in [5, 5.41) is 0.0121. The molecule has 6 nitrogen and oxygen atoms in total. The van der Waals surface area contributed by atoms with Crippen molar-refractivity contribution in [3.63, 3.8) is 0 Å². The lowest BCUT2D eigenvalue weighted by molar-refractivity contribution is 0.0207. The van der Waals surface area contributed by atoms with Gasteiger partial charge >= 0.3 is 6.09 Å². The minimum atomic E-state index is -2.07. The zero-order chi connectivity index (χ0) is 21.5. The molecule has 158 valence electrons. The predicted molar refractivity (Wildman–Crippen MR) is 109 cm³/mol. The van der Waals surface area contributed by atoms with Gasteiger partial charge in [0.2, 0.25) is 5.43 Å². The van der Waals surface area contributed by atoms with Gasteiger partial charge in [-0.05, 0) is 45.3 Å². The molecule has 1 aliphatic rings. The zero-order valence-electron chi connectivity index (χ0n) is 18.2. The lowest BCUT2D eigenvalue weighted by atomic mass is 10.1. The van der Waals surface area contributed by atoms with Gasteiger partial charge in [0.25, 0.3) is 0 Å². The third kappa shape index (κ3) is 5.02. The molecule has 1 amide bonds. The summed E-state index contributed by atoms with van der Waals surface area (Å²) in [6, 6.07) is -0.593. The summed E-state index contributed by atoms with van der Waals surface area (Å²) in [4.78, 5) is 29.3. The lowest BCUT2D eigenvalue weighted by Crippen LogP contribution is -2.45. The Morgan fingerprint density at radius 2 is 1.82 bits per heavy atom. The number of H-pyrrole nitrogens is 1. The van der Waals surface area contributed by atoms with E-state index in [1.165, 1.54) is 11.1 Å². The van der Waals surface area contributed by atoms with Crippen LogP contribution in [0.1, 0.15) is 59.6 Å². The topological polar surface area (TPSA) is 71.6 Å². The molecular weight excluding hydrogens is 379 g/mol. The fourth-order valence-electron chi connectivity index (χ4n) is 3.01. The Kier molecular flexibility index (Phi) is 6.16. The van der Waals surface area contributed by atoms with Gasteiger partial charge in [0, 0.05) is 24.5 Å². The summed E-state index contributed by atoms with van der Waals surface area (Å²) in [5.41, 5.74) is -1.16. The molecule has 1 fully saturated rings. The van der Waals surface area contributed by atoms with E-state index in [1.54, 1.807) is 20.8 Å². The lowest BCUT2D eigenvalue weighted by Gasteiger charge is -2.38. The first-order valence-corrected chi connectivity index (χ1v) is 12.6. The molecule has 1 aliphatic heterocycles. The minimum absolute atomic E-state index is 0.0121. The van der Waals surface area contributed by atoms with E-state index in [4.69, 9.17) is 9.16 Å². The van der Waals surface area contributed by atoms with Crippen molar-refractivity contribution in [3.8, 4) is 0 Å². The predicted octanol–water partition coefficient (Wildman–Crippen LogP) is 4.59. The van der Waals surface area contributed by atoms with Gasteiger partial charge in [-0.2, -0.15) is 0 Å². The van der Waals surface area contributed by atoms with Crippen molar-refractivity contribution < 1.29 is 18.3 Å². The summed E-state index contributed by atoms with van der Waals surface area (Å²) >= 11 is 0. The Bertz CT molecular complexity index is 780. The molecule has 1 N–H and O–H groups in total. The number of ether oxygens (including phenoxy) is 1. The van der Waals surface area contributed by atoms with Crippen molar-refractivity contribution in [3.05, 3.63) is 34.0 Å². The van der Waals surface area contributed by atoms with Gasteiger partial charge in [0.1, 0.15) is 5.60 Å². The normalized spacial score (nSPS) is 21.1. The van der Waals surface area contributed by atoms with Crippen LogP contribution in [-0.2, 0) is 9.16 Å². The Hall–Kier alpha value is -1.67. The van der Waals surface area contributed by atoms with Crippen LogP contribution in [-0.4, -0.2) is 42.5 Å². The highest BCUT2D eigenvalue weighted by atomic mass is 28.4. The number of amides is 1. The van der Waals surface area contributed by atoms with Crippen LogP contribution >= 0.6 is 0 Å². The van der Waals surface area contributed by atoms with E-state index in [9.17, 15) is 14.0 Å². The zero-order valence-corrected chi connectivity index (χ0v) is 19.2. The molecule has 0 aliphatic carbocycles. The van der Waals surface area contributed by atoms with Crippen molar-refractivity contribution in [1.29, 1.82) is 0 Å². The smallest absolute Gasteiger partial charge is 0.410 e. The molecule has 1 unspecified atom stereocenters. The summed E-state index contributed by atoms with van der Waals surface area (Å²) in [6.45, 7) is 16.4. The number of carbonyl (C=O) groups excluding carboxylic acids is 1. The van der Waals surface area contributed by atoms with E-state index in [-0.39, 0.29) is 16.7 Å². The van der Waals surface area contributed by atoms with E-state index in [2.05, 4.69) is 38.8 Å². The molecule has 1 saturated heterocycles. The highest BCUT2D eigenvalue weighted by Crippen LogP contribution is 2.41. The van der Waals surface area contributed by atoms with Crippen molar-refractivity contribution in [2.45, 2.75) is 83.8 Å². The highest BCUT2D eigenvalue weighted by molar-refractivity contribution is 6.74. The molecule has 1 aromatic heterocycles. The van der Waals surface area contributed by atoms with Crippen LogP contribution < -0.4 is 5.43 Å². The van der Waals surface area contributed by atoms with E-state index >= 15 is 0 Å². The maximum Gasteiger partial charge on any atom is 0.410 e. The fraction of sp³-hybridized carbons (Fsp3) is 0.700. The maximum absolute atomic E-state index is 13.9. The number of nitrogens with zero attached hydrogens (tertiary/aromatic N) is 1. The molecule has 28 heavy (non-hydrogen) atoms. The van der Waals surface area contributed by atoms with Gasteiger partial charge in [-0.3, -0.25) is 9.69 Å². The largest absolute Gasteiger partial charge is 0.444 e. The second kappa shape index (κ2) is 7.63. The Morgan fingerprint density at radius 3 is 2.36 bits per heavy atom. The number of hydrogen-bond donors (Lipinski definition) is 1. The number of nitrogens with one attached hydrogen (secondary N) is 1. The number of likely N-dealkylation sites (tertiary alicyclic amines) is 1. The van der Waals surface area contributed by atoms with Gasteiger partial charge in [-0.1, -0.05) is 20.8 Å². The van der Waals surface area contributed by atoms with E-state index in [1.807, 2.05) is 0 Å². The molecule has 0 spiro atoms. The van der Waals surface area contributed by atoms with Crippen molar-refractivity contribution in [2.24, 2.45) is 0 Å². The molecular formula is C20H33FN2O4Si. The monoisotopic (exact) mass is 412 g/mol. The van der Waals surface area contributed by atoms with Crippen LogP contribution in [0.25, 0.3) is 0 Å². The summed E-state index contributed by atoms with van der Waals surface area (Å²) in [6.07, 6.45) is 2.14. The first-order valence-electron chi connectivity index (χ1n) is 9.66. The third-order valence-electron chi connectivity index (χ3n) is 5.45. The van der Waals surface area contributed by atoms with Gasteiger partial charge in [-0.15, -0.1) is 0 Å². The first-order chi connectivity index (χ1) is 12.6. The van der Waals surface area contributed by atoms with Crippen molar-refractivity contribution in [1.82, 2.24) is 9.88 Å². The molecule has 2 heterocycles. The van der Waals surface area contributed by atoms with Gasteiger partial charge in [0.15, 0.2) is 14.1 Å². The minimum Gasteiger partial charge on any atom is -0.444 e. The van der Waals surface area contributed by atoms with E-state index in [0.29, 0.717) is 13.0 Å². The second-order valence-corrected chi connectivity index (χ2v) is 14.7. The average molecular weight is 413 g/mol. The van der Waals surface area contributed by atoms with Crippen LogP contribution in [0.4, 0.5) is 9.18 Å². The molecule has 0 aromatic carbocycles. The summed E-state index contributed by atoms with van der Waals surface area (Å²) in [7, 11) is -2.07. The number of rotatable bonds is 3. The van der Waals surface area contributed by atoms with Gasteiger partial charge in [-0.25, -0.2) is 9.18 Å². The molecule has 1 aromatic rings. The summed E-state index contributed by atoms with van der Waals surface area (Å²) < 4.78 is 25.9. The standard InChI is InChI=1S/C20H33FN2O4Si/c1-19(2,3)26-18(25)23-12-13(27-28(7,8)20(4,5)6)9-16(23)14-10-22-11-15(21)17(14)24/h10-11,13,16H,9,12H2,1-8H3,(H,22,24)/t13-,16?/m1/s1. The number of halogens is 1. The van der Waals surface area contributed by atoms with Crippen LogP contribution in [0.2, 0.25) is 18.1 Å². The molecule has 0 bridgehead atoms. The SMILES string of the molecule is CC(C)(C)OC(=O)N1C[C@H](O[Si](C)(C)C(C)(C)C)CC1c1c[nH]cc(F)c1=O.